The highest BCUT2D eigenvalue weighted by molar-refractivity contribution is 5.95. The van der Waals surface area contributed by atoms with E-state index in [-0.39, 0.29) is 5.91 Å². The van der Waals surface area contributed by atoms with Crippen LogP contribution in [0.2, 0.25) is 0 Å². The minimum absolute atomic E-state index is 0.338. The molecule has 1 aromatic heterocycles. The van der Waals surface area contributed by atoms with Crippen molar-refractivity contribution in [2.45, 2.75) is 20.3 Å². The summed E-state index contributed by atoms with van der Waals surface area (Å²) in [6.07, 6.45) is 0.448. The quantitative estimate of drug-likeness (QED) is 0.745. The van der Waals surface area contributed by atoms with Crippen molar-refractivity contribution in [2.24, 2.45) is 0 Å². The first-order valence-electron chi connectivity index (χ1n) is 7.43. The second kappa shape index (κ2) is 6.08. The summed E-state index contributed by atoms with van der Waals surface area (Å²) in [5, 5.41) is 0. The SMILES string of the molecule is Cc1ccc(Cc2c(C)n(C(=O)c3ccccc3)oc2=O)cc1. The lowest BCUT2D eigenvalue weighted by Gasteiger charge is -2.03. The van der Waals surface area contributed by atoms with Crippen LogP contribution in [-0.4, -0.2) is 10.6 Å². The summed E-state index contributed by atoms with van der Waals surface area (Å²) in [6, 6.07) is 16.7. The lowest BCUT2D eigenvalue weighted by atomic mass is 10.0. The Labute approximate surface area is 134 Å². The molecule has 0 unspecified atom stereocenters. The van der Waals surface area contributed by atoms with E-state index in [2.05, 4.69) is 0 Å². The molecule has 0 radical (unpaired) electrons. The zero-order valence-corrected chi connectivity index (χ0v) is 13.1. The third-order valence-electron chi connectivity index (χ3n) is 3.87. The Morgan fingerprint density at radius 3 is 2.30 bits per heavy atom. The van der Waals surface area contributed by atoms with Crippen molar-refractivity contribution in [1.82, 2.24) is 4.74 Å². The lowest BCUT2D eigenvalue weighted by molar-refractivity contribution is 0.0834. The summed E-state index contributed by atoms with van der Waals surface area (Å²) in [4.78, 5) is 24.6. The van der Waals surface area contributed by atoms with E-state index >= 15 is 0 Å². The van der Waals surface area contributed by atoms with E-state index in [1.165, 1.54) is 0 Å². The van der Waals surface area contributed by atoms with E-state index in [1.807, 2.05) is 37.3 Å². The van der Waals surface area contributed by atoms with Gasteiger partial charge < -0.3 is 4.52 Å². The van der Waals surface area contributed by atoms with Crippen LogP contribution in [0.5, 0.6) is 0 Å². The highest BCUT2D eigenvalue weighted by Gasteiger charge is 2.19. The molecular weight excluding hydrogens is 290 g/mol. The van der Waals surface area contributed by atoms with Crippen LogP contribution in [0.25, 0.3) is 0 Å². The number of aryl methyl sites for hydroxylation is 1. The van der Waals surface area contributed by atoms with Gasteiger partial charge in [-0.3, -0.25) is 4.79 Å². The molecule has 4 heteroatoms. The monoisotopic (exact) mass is 307 g/mol. The van der Waals surface area contributed by atoms with Crippen LogP contribution >= 0.6 is 0 Å². The molecule has 0 aliphatic carbocycles. The topological polar surface area (TPSA) is 52.2 Å². The minimum Gasteiger partial charge on any atom is -0.328 e. The average molecular weight is 307 g/mol. The van der Waals surface area contributed by atoms with E-state index in [0.29, 0.717) is 23.2 Å². The van der Waals surface area contributed by atoms with Crippen LogP contribution in [0.4, 0.5) is 0 Å². The highest BCUT2D eigenvalue weighted by Crippen LogP contribution is 2.14. The number of hydrogen-bond donors (Lipinski definition) is 0. The third-order valence-corrected chi connectivity index (χ3v) is 3.87. The summed E-state index contributed by atoms with van der Waals surface area (Å²) in [5.41, 5.74) is 3.25. The molecular formula is C19H17NO3. The molecule has 0 aliphatic heterocycles. The van der Waals surface area contributed by atoms with Crippen molar-refractivity contribution in [1.29, 1.82) is 0 Å². The minimum atomic E-state index is -0.465. The van der Waals surface area contributed by atoms with Crippen LogP contribution in [0.15, 0.2) is 63.9 Å². The zero-order valence-electron chi connectivity index (χ0n) is 13.1. The Morgan fingerprint density at radius 1 is 1.00 bits per heavy atom. The maximum absolute atomic E-state index is 12.5. The van der Waals surface area contributed by atoms with Gasteiger partial charge in [-0.2, -0.15) is 0 Å². The van der Waals surface area contributed by atoms with Crippen molar-refractivity contribution >= 4 is 5.91 Å². The third kappa shape index (κ3) is 3.01. The van der Waals surface area contributed by atoms with Gasteiger partial charge in [-0.1, -0.05) is 48.0 Å². The van der Waals surface area contributed by atoms with Gasteiger partial charge in [0.15, 0.2) is 0 Å². The van der Waals surface area contributed by atoms with Gasteiger partial charge in [-0.15, -0.1) is 4.74 Å². The number of rotatable bonds is 3. The van der Waals surface area contributed by atoms with E-state index < -0.39 is 5.63 Å². The van der Waals surface area contributed by atoms with Gasteiger partial charge in [0, 0.05) is 12.0 Å². The van der Waals surface area contributed by atoms with Crippen molar-refractivity contribution in [3.63, 3.8) is 0 Å². The molecule has 3 rings (SSSR count). The maximum atomic E-state index is 12.5. The largest absolute Gasteiger partial charge is 0.361 e. The van der Waals surface area contributed by atoms with E-state index in [1.54, 1.807) is 31.2 Å². The molecule has 0 amide bonds. The molecule has 116 valence electrons. The summed E-state index contributed by atoms with van der Waals surface area (Å²) >= 11 is 0. The van der Waals surface area contributed by atoms with Gasteiger partial charge in [0.25, 0.3) is 5.91 Å². The van der Waals surface area contributed by atoms with Crippen LogP contribution in [0.1, 0.15) is 32.7 Å². The van der Waals surface area contributed by atoms with Gasteiger partial charge in [0.2, 0.25) is 0 Å². The van der Waals surface area contributed by atoms with Crippen molar-refractivity contribution < 1.29 is 9.32 Å². The molecule has 3 aromatic rings. The molecule has 0 aliphatic rings. The Hall–Kier alpha value is -2.88. The summed E-state index contributed by atoms with van der Waals surface area (Å²) in [7, 11) is 0. The molecule has 0 N–H and O–H groups in total. The normalized spacial score (nSPS) is 10.7. The van der Waals surface area contributed by atoms with E-state index in [9.17, 15) is 9.59 Å². The predicted molar refractivity (Wildman–Crippen MR) is 87.9 cm³/mol. The molecule has 0 fully saturated rings. The van der Waals surface area contributed by atoms with Crippen LogP contribution in [0.3, 0.4) is 0 Å². The Morgan fingerprint density at radius 2 is 1.65 bits per heavy atom. The number of carbonyl (C=O) groups excluding carboxylic acids is 1. The summed E-state index contributed by atoms with van der Waals surface area (Å²) in [5.74, 6) is -0.338. The van der Waals surface area contributed by atoms with Crippen LogP contribution < -0.4 is 5.63 Å². The van der Waals surface area contributed by atoms with Crippen molar-refractivity contribution in [2.75, 3.05) is 0 Å². The fourth-order valence-electron chi connectivity index (χ4n) is 2.48. The number of nitrogens with zero attached hydrogens (tertiary/aromatic N) is 1. The summed E-state index contributed by atoms with van der Waals surface area (Å²) < 4.78 is 6.25. The number of hydrogen-bond acceptors (Lipinski definition) is 3. The Balaban J connectivity index is 1.95. The fourth-order valence-corrected chi connectivity index (χ4v) is 2.48. The number of benzene rings is 2. The molecule has 1 heterocycles. The lowest BCUT2D eigenvalue weighted by Crippen LogP contribution is -2.12. The number of carbonyl (C=O) groups is 1. The van der Waals surface area contributed by atoms with Crippen LogP contribution in [0, 0.1) is 13.8 Å². The Bertz CT molecular complexity index is 887. The maximum Gasteiger partial charge on any atom is 0.361 e. The first-order chi connectivity index (χ1) is 11.1. The van der Waals surface area contributed by atoms with Gasteiger partial charge in [-0.25, -0.2) is 4.79 Å². The molecule has 0 bridgehead atoms. The van der Waals surface area contributed by atoms with Crippen molar-refractivity contribution in [3.8, 4) is 0 Å². The first-order valence-corrected chi connectivity index (χ1v) is 7.43. The molecule has 2 aromatic carbocycles. The molecule has 0 atom stereocenters. The van der Waals surface area contributed by atoms with E-state index in [4.69, 9.17) is 4.52 Å². The average Bonchev–Trinajstić information content (AvgIpc) is 2.85. The molecule has 23 heavy (non-hydrogen) atoms. The standard InChI is InChI=1S/C19H17NO3/c1-13-8-10-15(11-9-13)12-17-14(2)20(23-19(17)22)18(21)16-6-4-3-5-7-16/h3-11H,12H2,1-2H3. The second-order valence-electron chi connectivity index (χ2n) is 5.57. The van der Waals surface area contributed by atoms with Gasteiger partial charge in [0.1, 0.15) is 0 Å². The zero-order chi connectivity index (χ0) is 16.4. The first kappa shape index (κ1) is 15.0. The molecule has 0 saturated heterocycles. The predicted octanol–water partition coefficient (Wildman–Crippen LogP) is 3.34. The Kier molecular flexibility index (Phi) is 3.98. The second-order valence-corrected chi connectivity index (χ2v) is 5.57. The van der Waals surface area contributed by atoms with Gasteiger partial charge in [-0.05, 0) is 31.5 Å². The van der Waals surface area contributed by atoms with Crippen molar-refractivity contribution in [3.05, 3.63) is 93.0 Å². The van der Waals surface area contributed by atoms with Crippen LogP contribution in [-0.2, 0) is 6.42 Å². The molecule has 0 spiro atoms. The van der Waals surface area contributed by atoms with E-state index in [0.717, 1.165) is 15.9 Å². The number of aromatic nitrogens is 1. The molecule has 0 saturated carbocycles. The van der Waals surface area contributed by atoms with Gasteiger partial charge in [0.05, 0.1) is 11.3 Å². The smallest absolute Gasteiger partial charge is 0.328 e. The fraction of sp³-hybridized carbons (Fsp3) is 0.158. The highest BCUT2D eigenvalue weighted by atomic mass is 16.5. The summed E-state index contributed by atoms with van der Waals surface area (Å²) in [6.45, 7) is 3.74. The molecule has 4 nitrogen and oxygen atoms in total. The van der Waals surface area contributed by atoms with Gasteiger partial charge >= 0.3 is 5.63 Å².